The Balaban J connectivity index is 1.56. The van der Waals surface area contributed by atoms with Crippen LogP contribution in [0.5, 0.6) is 0 Å². The molecule has 0 aliphatic heterocycles. The Morgan fingerprint density at radius 3 is 2.12 bits per heavy atom. The van der Waals surface area contributed by atoms with Gasteiger partial charge in [-0.3, -0.25) is 0 Å². The van der Waals surface area contributed by atoms with Gasteiger partial charge in [-0.15, -0.1) is 0 Å². The molecular formula is C31H53N. The summed E-state index contributed by atoms with van der Waals surface area (Å²) in [6, 6.07) is 0.240. The van der Waals surface area contributed by atoms with Gasteiger partial charge in [-0.25, -0.2) is 6.57 Å². The molecule has 0 bridgehead atoms. The molecule has 4 fully saturated rings. The van der Waals surface area contributed by atoms with E-state index in [1.54, 1.807) is 0 Å². The lowest BCUT2D eigenvalue weighted by Crippen LogP contribution is -2.61. The first-order chi connectivity index (χ1) is 14.9. The predicted octanol–water partition coefficient (Wildman–Crippen LogP) is 9.42. The highest BCUT2D eigenvalue weighted by Gasteiger charge is 2.68. The highest BCUT2D eigenvalue weighted by atomic mass is 14.8. The molecule has 0 saturated heterocycles. The number of nitrogens with zero attached hydrogens (tertiary/aromatic N) is 1. The van der Waals surface area contributed by atoms with Crippen LogP contribution in [0.3, 0.4) is 0 Å². The van der Waals surface area contributed by atoms with E-state index in [1.807, 2.05) is 0 Å². The zero-order valence-electron chi connectivity index (χ0n) is 22.8. The van der Waals surface area contributed by atoms with Crippen LogP contribution in [0.2, 0.25) is 0 Å². The molecule has 182 valence electrons. The zero-order valence-corrected chi connectivity index (χ0v) is 22.8. The summed E-state index contributed by atoms with van der Waals surface area (Å²) in [5, 5.41) is 0. The van der Waals surface area contributed by atoms with Crippen LogP contribution in [0, 0.1) is 63.7 Å². The largest absolute Gasteiger partial charge is 0.313 e. The second-order valence-corrected chi connectivity index (χ2v) is 14.7. The van der Waals surface area contributed by atoms with E-state index in [4.69, 9.17) is 6.57 Å². The highest BCUT2D eigenvalue weighted by molar-refractivity contribution is 5.17. The summed E-state index contributed by atoms with van der Waals surface area (Å²) in [4.78, 5) is 4.12. The molecular weight excluding hydrogens is 386 g/mol. The third-order valence-electron chi connectivity index (χ3n) is 12.8. The van der Waals surface area contributed by atoms with E-state index in [2.05, 4.69) is 60.2 Å². The maximum Gasteiger partial charge on any atom is 0.229 e. The summed E-state index contributed by atoms with van der Waals surface area (Å²) in [6.07, 6.45) is 15.4. The van der Waals surface area contributed by atoms with E-state index in [-0.39, 0.29) is 11.5 Å². The fourth-order valence-corrected chi connectivity index (χ4v) is 10.7. The number of fused-ring (bicyclic) bond motifs is 5. The maximum atomic E-state index is 7.82. The SMILES string of the molecule is [C-]#[N+][C@@H]1CC[C@]2(C)[C@H]3CC[C@]4(C)[C@@H]([C@H](C)CCCC(C)C)CC[C@@]4(C)[C@@H]3CC[C@H]2C1(C)C. The van der Waals surface area contributed by atoms with E-state index in [9.17, 15) is 0 Å². The second kappa shape index (κ2) is 8.31. The summed E-state index contributed by atoms with van der Waals surface area (Å²) < 4.78 is 0. The van der Waals surface area contributed by atoms with E-state index in [0.29, 0.717) is 16.2 Å². The summed E-state index contributed by atoms with van der Waals surface area (Å²) in [7, 11) is 0. The summed E-state index contributed by atoms with van der Waals surface area (Å²) in [6.45, 7) is 28.2. The molecule has 0 unspecified atom stereocenters. The van der Waals surface area contributed by atoms with Crippen LogP contribution < -0.4 is 0 Å². The minimum absolute atomic E-state index is 0.185. The van der Waals surface area contributed by atoms with Crippen molar-refractivity contribution in [1.29, 1.82) is 0 Å². The van der Waals surface area contributed by atoms with Gasteiger partial charge >= 0.3 is 0 Å². The van der Waals surface area contributed by atoms with Gasteiger partial charge in [0.2, 0.25) is 6.04 Å². The lowest BCUT2D eigenvalue weighted by molar-refractivity contribution is -0.180. The Morgan fingerprint density at radius 1 is 0.781 bits per heavy atom. The van der Waals surface area contributed by atoms with Crippen molar-refractivity contribution in [3.05, 3.63) is 11.4 Å². The normalized spacial score (nSPS) is 48.4. The molecule has 4 aliphatic carbocycles. The fraction of sp³-hybridized carbons (Fsp3) is 0.968. The minimum atomic E-state index is 0.185. The third kappa shape index (κ3) is 3.43. The molecule has 32 heavy (non-hydrogen) atoms. The number of hydrogen-bond acceptors (Lipinski definition) is 0. The molecule has 4 saturated carbocycles. The van der Waals surface area contributed by atoms with Crippen LogP contribution in [0.1, 0.15) is 126 Å². The van der Waals surface area contributed by atoms with Crippen LogP contribution >= 0.6 is 0 Å². The van der Waals surface area contributed by atoms with Crippen LogP contribution in [-0.4, -0.2) is 6.04 Å². The van der Waals surface area contributed by atoms with Gasteiger partial charge in [0.15, 0.2) is 0 Å². The van der Waals surface area contributed by atoms with Gasteiger partial charge in [-0.2, -0.15) is 0 Å². The van der Waals surface area contributed by atoms with Gasteiger partial charge in [-0.1, -0.05) is 74.7 Å². The number of rotatable bonds is 5. The smallest absolute Gasteiger partial charge is 0.229 e. The van der Waals surface area contributed by atoms with Crippen LogP contribution in [-0.2, 0) is 0 Å². The van der Waals surface area contributed by atoms with E-state index in [1.165, 1.54) is 64.2 Å². The van der Waals surface area contributed by atoms with Gasteiger partial charge in [0.25, 0.3) is 0 Å². The summed E-state index contributed by atoms with van der Waals surface area (Å²) in [5.41, 5.74) is 1.71. The van der Waals surface area contributed by atoms with Crippen molar-refractivity contribution in [2.24, 2.45) is 57.2 Å². The first-order valence-electron chi connectivity index (χ1n) is 14.3. The number of hydrogen-bond donors (Lipinski definition) is 0. The van der Waals surface area contributed by atoms with Crippen molar-refractivity contribution < 1.29 is 0 Å². The van der Waals surface area contributed by atoms with Crippen LogP contribution in [0.15, 0.2) is 0 Å². The van der Waals surface area contributed by atoms with Crippen molar-refractivity contribution in [1.82, 2.24) is 0 Å². The maximum absolute atomic E-state index is 7.82. The topological polar surface area (TPSA) is 4.36 Å². The molecule has 0 radical (unpaired) electrons. The molecule has 0 N–H and O–H groups in total. The van der Waals surface area contributed by atoms with E-state index in [0.717, 1.165) is 41.9 Å². The zero-order chi connectivity index (χ0) is 23.5. The highest BCUT2D eigenvalue weighted by Crippen LogP contribution is 2.74. The Kier molecular flexibility index (Phi) is 6.39. The molecule has 0 aromatic rings. The summed E-state index contributed by atoms with van der Waals surface area (Å²) >= 11 is 0. The third-order valence-corrected chi connectivity index (χ3v) is 12.8. The molecule has 0 spiro atoms. The molecule has 4 rings (SSSR count). The van der Waals surface area contributed by atoms with Gasteiger partial charge in [0.1, 0.15) is 0 Å². The molecule has 1 nitrogen and oxygen atoms in total. The monoisotopic (exact) mass is 439 g/mol. The van der Waals surface area contributed by atoms with Crippen LogP contribution in [0.25, 0.3) is 4.85 Å². The Hall–Kier alpha value is -0.510. The molecule has 0 amide bonds. The average Bonchev–Trinajstić information content (AvgIpc) is 2.99. The molecule has 0 aromatic carbocycles. The Morgan fingerprint density at radius 2 is 1.47 bits per heavy atom. The standard InChI is InChI=1S/C31H53N/c1-21(2)11-10-12-22(3)23-15-19-31(8)25-13-14-26-28(4,5)27(32-9)17-18-29(26,6)24(25)16-20-30(23,31)7/h21-27H,10-20H2,1-8H3/t22-,23-,24+,25-,26+,27-,29-,30-,31+/m1/s1. The summed E-state index contributed by atoms with van der Waals surface area (Å²) in [5.74, 6) is 5.21. The molecule has 4 aliphatic rings. The van der Waals surface area contributed by atoms with Gasteiger partial charge in [0, 0.05) is 11.8 Å². The fourth-order valence-electron chi connectivity index (χ4n) is 10.7. The van der Waals surface area contributed by atoms with E-state index >= 15 is 0 Å². The molecule has 0 heterocycles. The van der Waals surface area contributed by atoms with Gasteiger partial charge in [0.05, 0.1) is 0 Å². The second-order valence-electron chi connectivity index (χ2n) is 14.7. The van der Waals surface area contributed by atoms with Gasteiger partial charge < -0.3 is 4.85 Å². The van der Waals surface area contributed by atoms with Crippen molar-refractivity contribution in [2.75, 3.05) is 0 Å². The average molecular weight is 440 g/mol. The predicted molar refractivity (Wildman–Crippen MR) is 137 cm³/mol. The molecule has 0 aromatic heterocycles. The molecule has 9 atom stereocenters. The van der Waals surface area contributed by atoms with Gasteiger partial charge in [-0.05, 0) is 96.7 Å². The van der Waals surface area contributed by atoms with E-state index < -0.39 is 0 Å². The van der Waals surface area contributed by atoms with Crippen molar-refractivity contribution in [3.63, 3.8) is 0 Å². The Bertz CT molecular complexity index is 729. The first kappa shape index (κ1) is 24.6. The minimum Gasteiger partial charge on any atom is -0.313 e. The lowest BCUT2D eigenvalue weighted by atomic mass is 9.38. The Labute approximate surface area is 200 Å². The van der Waals surface area contributed by atoms with Crippen molar-refractivity contribution in [2.45, 2.75) is 132 Å². The quantitative estimate of drug-likeness (QED) is 0.376. The molecule has 1 heteroatoms. The lowest BCUT2D eigenvalue weighted by Gasteiger charge is -2.66. The first-order valence-corrected chi connectivity index (χ1v) is 14.3. The van der Waals surface area contributed by atoms with Crippen LogP contribution in [0.4, 0.5) is 0 Å². The van der Waals surface area contributed by atoms with Crippen molar-refractivity contribution in [3.8, 4) is 0 Å². The van der Waals surface area contributed by atoms with Crippen molar-refractivity contribution >= 4 is 0 Å².